The molecule has 1 N–H and O–H groups in total. The average molecular weight is 786 g/mol. The molecule has 3 aromatic rings. The molecule has 2 aromatic carbocycles. The van der Waals surface area contributed by atoms with E-state index in [-0.39, 0.29) is 59.0 Å². The van der Waals surface area contributed by atoms with Crippen LogP contribution < -0.4 is 19.1 Å². The van der Waals surface area contributed by atoms with Crippen molar-refractivity contribution in [1.82, 2.24) is 14.5 Å². The molecule has 298 valence electrons. The summed E-state index contributed by atoms with van der Waals surface area (Å²) in [5.41, 5.74) is 4.64. The van der Waals surface area contributed by atoms with Crippen LogP contribution in [-0.2, 0) is 43.1 Å². The molecular formula is C42H51N5O8S. The van der Waals surface area contributed by atoms with Crippen molar-refractivity contribution in [2.24, 2.45) is 29.2 Å². The Labute approximate surface area is 328 Å². The lowest BCUT2D eigenvalue weighted by Gasteiger charge is -2.46. The summed E-state index contributed by atoms with van der Waals surface area (Å²) in [5, 5.41) is 4.17. The van der Waals surface area contributed by atoms with Crippen molar-refractivity contribution in [3.63, 3.8) is 0 Å². The largest absolute Gasteiger partial charge is 0.490 e. The van der Waals surface area contributed by atoms with E-state index in [1.165, 1.54) is 34.7 Å². The van der Waals surface area contributed by atoms with Gasteiger partial charge in [-0.2, -0.15) is 0 Å². The predicted molar refractivity (Wildman–Crippen MR) is 210 cm³/mol. The number of carbonyl (C=O) groups excluding carboxylic acids is 3. The second kappa shape index (κ2) is 15.3. The molecule has 0 radical (unpaired) electrons. The first-order chi connectivity index (χ1) is 26.9. The number of nitrogens with zero attached hydrogens (tertiary/aromatic N) is 4. The number of fused-ring (bicyclic) bond motifs is 7. The molecule has 1 fully saturated rings. The second-order valence-electron chi connectivity index (χ2n) is 16.3. The van der Waals surface area contributed by atoms with Gasteiger partial charge in [-0.15, -0.1) is 9.46 Å². The Hall–Kier alpha value is -4.69. The van der Waals surface area contributed by atoms with Crippen LogP contribution in [0.3, 0.4) is 0 Å². The lowest BCUT2D eigenvalue weighted by Crippen LogP contribution is -2.50. The molecule has 4 bridgehead atoms. The minimum absolute atomic E-state index is 0.0495. The monoisotopic (exact) mass is 785 g/mol. The maximum absolute atomic E-state index is 14.9. The van der Waals surface area contributed by atoms with E-state index in [0.717, 1.165) is 37.8 Å². The molecule has 8 rings (SSSR count). The summed E-state index contributed by atoms with van der Waals surface area (Å²) in [4.78, 5) is 43.4. The normalized spacial score (nSPS) is 31.0. The van der Waals surface area contributed by atoms with Crippen molar-refractivity contribution in [1.29, 1.82) is 0 Å². The standard InChI is InChI=1S/C42H51N5O8S/c1-26-9-13-33-28(19-26)7-5-17-42(33)24-47-21-30-10-12-31(30)36-16-15-35(53-18-6-8-38(48)55-36)27(2)23-56(51,45-40(50)32-22-46(3)43-41(32)52-4)44-39(49)29-11-14-37(54-25-42)34(47)20-29/h9,11,13-16,19-20,22,27,30-31,35-36H,5-8,10,12,17-18,21,23-25H2,1-4H3,(H,44,45,49,50,51)/b16-15+/t27-,30+,31-,35?,36+,42+,56?/m1/s1. The molecule has 1 spiro atoms. The maximum atomic E-state index is 14.9. The molecule has 2 unspecified atom stereocenters. The van der Waals surface area contributed by atoms with E-state index >= 15 is 0 Å². The summed E-state index contributed by atoms with van der Waals surface area (Å²) in [7, 11) is -0.738. The summed E-state index contributed by atoms with van der Waals surface area (Å²) < 4.78 is 47.8. The first-order valence-corrected chi connectivity index (χ1v) is 21.4. The summed E-state index contributed by atoms with van der Waals surface area (Å²) in [6.45, 7) is 6.07. The first kappa shape index (κ1) is 38.2. The summed E-state index contributed by atoms with van der Waals surface area (Å²) in [6.07, 6.45) is 9.79. The van der Waals surface area contributed by atoms with Gasteiger partial charge in [0.1, 0.15) is 27.3 Å². The van der Waals surface area contributed by atoms with E-state index in [2.05, 4.69) is 44.2 Å². The third kappa shape index (κ3) is 7.57. The quantitative estimate of drug-likeness (QED) is 0.267. The van der Waals surface area contributed by atoms with Gasteiger partial charge in [0.05, 0.1) is 31.3 Å². The van der Waals surface area contributed by atoms with E-state index < -0.39 is 39.9 Å². The molecule has 1 aromatic heterocycles. The van der Waals surface area contributed by atoms with Crippen LogP contribution in [0.15, 0.2) is 59.1 Å². The van der Waals surface area contributed by atoms with Crippen LogP contribution in [0.1, 0.15) is 82.9 Å². The fraction of sp³-hybridized carbons (Fsp3) is 0.524. The predicted octanol–water partition coefficient (Wildman–Crippen LogP) is 5.49. The van der Waals surface area contributed by atoms with Crippen molar-refractivity contribution < 1.29 is 37.5 Å². The van der Waals surface area contributed by atoms with Gasteiger partial charge in [-0.3, -0.25) is 23.8 Å². The molecule has 7 atom stereocenters. The van der Waals surface area contributed by atoms with Crippen molar-refractivity contribution in [3.8, 4) is 11.6 Å². The molecule has 1 saturated carbocycles. The van der Waals surface area contributed by atoms with Gasteiger partial charge in [0.25, 0.3) is 11.8 Å². The molecule has 14 heteroatoms. The van der Waals surface area contributed by atoms with Crippen LogP contribution in [0.2, 0.25) is 0 Å². The van der Waals surface area contributed by atoms with Gasteiger partial charge in [-0.25, -0.2) is 4.21 Å². The maximum Gasteiger partial charge on any atom is 0.306 e. The van der Waals surface area contributed by atoms with Gasteiger partial charge in [0.15, 0.2) is 0 Å². The number of ether oxygens (including phenoxy) is 4. The Morgan fingerprint density at radius 1 is 1.07 bits per heavy atom. The van der Waals surface area contributed by atoms with E-state index in [1.54, 1.807) is 25.2 Å². The molecule has 5 aliphatic rings. The third-order valence-electron chi connectivity index (χ3n) is 12.2. The highest BCUT2D eigenvalue weighted by molar-refractivity contribution is 7.92. The van der Waals surface area contributed by atoms with E-state index in [4.69, 9.17) is 18.9 Å². The molecule has 13 nitrogen and oxygen atoms in total. The summed E-state index contributed by atoms with van der Waals surface area (Å²) in [5.74, 6) is -1.39. The Balaban J connectivity index is 1.24. The van der Waals surface area contributed by atoms with Gasteiger partial charge in [-0.05, 0) is 86.8 Å². The number of aromatic nitrogens is 2. The van der Waals surface area contributed by atoms with Crippen LogP contribution in [0.4, 0.5) is 5.69 Å². The Kier molecular flexibility index (Phi) is 10.5. The number of carbonyl (C=O) groups is 3. The van der Waals surface area contributed by atoms with E-state index in [0.29, 0.717) is 31.9 Å². The lowest BCUT2D eigenvalue weighted by atomic mass is 9.68. The summed E-state index contributed by atoms with van der Waals surface area (Å²) >= 11 is 0. The zero-order valence-corrected chi connectivity index (χ0v) is 33.3. The summed E-state index contributed by atoms with van der Waals surface area (Å²) in [6, 6.07) is 12.0. The number of hydrogen-bond donors (Lipinski definition) is 1. The fourth-order valence-electron chi connectivity index (χ4n) is 9.20. The highest BCUT2D eigenvalue weighted by atomic mass is 32.2. The van der Waals surface area contributed by atoms with Crippen LogP contribution in [0.5, 0.6) is 11.6 Å². The number of nitrogens with one attached hydrogen (secondary N) is 1. The third-order valence-corrected chi connectivity index (χ3v) is 14.1. The number of esters is 1. The zero-order valence-electron chi connectivity index (χ0n) is 32.5. The van der Waals surface area contributed by atoms with Crippen LogP contribution in [0.25, 0.3) is 0 Å². The SMILES string of the molecule is COc1nn(C)cc1C(=O)NS1(=O)=NC(=O)c2ccc3c(c2)N(C[C@@H]2CC[C@H]2[C@@H]2/C=C/C(OCCCC(=O)O2)[C@H](C)C1)C[C@@]1(CCCc2cc(C)ccc21)CO3. The van der Waals surface area contributed by atoms with Gasteiger partial charge in [0, 0.05) is 62.2 Å². The molecule has 2 aliphatic carbocycles. The van der Waals surface area contributed by atoms with Gasteiger partial charge < -0.3 is 23.8 Å². The van der Waals surface area contributed by atoms with Crippen molar-refractivity contribution >= 4 is 33.4 Å². The minimum atomic E-state index is -3.77. The van der Waals surface area contributed by atoms with Crippen LogP contribution in [0, 0.1) is 24.7 Å². The van der Waals surface area contributed by atoms with Gasteiger partial charge in [0.2, 0.25) is 5.88 Å². The second-order valence-corrected chi connectivity index (χ2v) is 18.3. The van der Waals surface area contributed by atoms with Crippen molar-refractivity contribution in [2.45, 2.75) is 76.4 Å². The number of hydrogen-bond acceptors (Lipinski definition) is 10. The molecular weight excluding hydrogens is 735 g/mol. The highest BCUT2D eigenvalue weighted by Gasteiger charge is 2.45. The zero-order chi connectivity index (χ0) is 39.2. The molecule has 2 amide bonds. The molecule has 0 saturated heterocycles. The van der Waals surface area contributed by atoms with E-state index in [9.17, 15) is 18.6 Å². The van der Waals surface area contributed by atoms with Crippen molar-refractivity contribution in [3.05, 3.63) is 82.6 Å². The molecule has 56 heavy (non-hydrogen) atoms. The molecule has 4 heterocycles. The van der Waals surface area contributed by atoms with Gasteiger partial charge >= 0.3 is 5.97 Å². The number of amides is 2. The average Bonchev–Trinajstić information content (AvgIpc) is 3.47. The Bertz CT molecular complexity index is 2190. The lowest BCUT2D eigenvalue weighted by molar-refractivity contribution is -0.152. The number of benzene rings is 2. The first-order valence-electron chi connectivity index (χ1n) is 19.7. The number of aryl methyl sites for hydroxylation is 3. The smallest absolute Gasteiger partial charge is 0.306 e. The Morgan fingerprint density at radius 3 is 2.71 bits per heavy atom. The van der Waals surface area contributed by atoms with Crippen LogP contribution >= 0.6 is 0 Å². The fourth-order valence-corrected chi connectivity index (χ4v) is 11.1. The van der Waals surface area contributed by atoms with Gasteiger partial charge in [-0.1, -0.05) is 36.8 Å². The highest BCUT2D eigenvalue weighted by Crippen LogP contribution is 2.47. The minimum Gasteiger partial charge on any atom is -0.490 e. The molecule has 3 aliphatic heterocycles. The number of rotatable bonds is 3. The Morgan fingerprint density at radius 2 is 1.91 bits per heavy atom. The number of methoxy groups -OCH3 is 1. The number of anilines is 1. The van der Waals surface area contributed by atoms with E-state index in [1.807, 2.05) is 19.1 Å². The topological polar surface area (TPSA) is 151 Å². The van der Waals surface area contributed by atoms with Crippen molar-refractivity contribution in [2.75, 3.05) is 44.1 Å². The van der Waals surface area contributed by atoms with Crippen LogP contribution in [-0.4, -0.2) is 83.1 Å².